The lowest BCUT2D eigenvalue weighted by Crippen LogP contribution is -2.33. The highest BCUT2D eigenvalue weighted by Crippen LogP contribution is 2.32. The predicted octanol–water partition coefficient (Wildman–Crippen LogP) is 8.83. The minimum absolute atomic E-state index is 0.190. The molecule has 6 nitrogen and oxygen atoms in total. The van der Waals surface area contributed by atoms with Gasteiger partial charge in [0.2, 0.25) is 11.8 Å². The lowest BCUT2D eigenvalue weighted by atomic mass is 9.88. The summed E-state index contributed by atoms with van der Waals surface area (Å²) in [7, 11) is 0. The van der Waals surface area contributed by atoms with Crippen LogP contribution in [0, 0.1) is 0 Å². The zero-order valence-corrected chi connectivity index (χ0v) is 25.0. The number of nitrogens with zero attached hydrogens (tertiary/aromatic N) is 2. The average molecular weight is 531 g/mol. The molecule has 0 aliphatic carbocycles. The summed E-state index contributed by atoms with van der Waals surface area (Å²) in [5, 5.41) is 0. The smallest absolute Gasteiger partial charge is 0.340 e. The van der Waals surface area contributed by atoms with Crippen LogP contribution in [0.1, 0.15) is 144 Å². The highest BCUT2D eigenvalue weighted by atomic mass is 16.6. The molecule has 0 saturated carbocycles. The van der Waals surface area contributed by atoms with Gasteiger partial charge in [0, 0.05) is 5.57 Å². The highest BCUT2D eigenvalue weighted by molar-refractivity contribution is 6.07. The van der Waals surface area contributed by atoms with Crippen LogP contribution in [-0.4, -0.2) is 34.8 Å². The zero-order valence-electron chi connectivity index (χ0n) is 25.0. The number of cyclic esters (lactones) is 2. The fourth-order valence-corrected chi connectivity index (χ4v) is 4.72. The molecule has 0 aromatic rings. The van der Waals surface area contributed by atoms with E-state index in [9.17, 15) is 9.59 Å². The van der Waals surface area contributed by atoms with Crippen molar-refractivity contribution >= 4 is 23.7 Å². The van der Waals surface area contributed by atoms with Gasteiger partial charge >= 0.3 is 11.9 Å². The molecule has 0 saturated heterocycles. The Bertz CT molecular complexity index is 821. The van der Waals surface area contributed by atoms with E-state index in [0.717, 1.165) is 56.9 Å². The van der Waals surface area contributed by atoms with Gasteiger partial charge < -0.3 is 9.47 Å². The third kappa shape index (κ3) is 11.2. The Balaban J connectivity index is 0.000000399. The molecule has 2 aliphatic heterocycles. The SMILES string of the molecule is C=C(C)C1=NC(C)(CCCCCCCCCCCC)C(=O)O1.C=CC1=NC(CCCC)(CCCC)C(=O)O1. The van der Waals surface area contributed by atoms with E-state index in [4.69, 9.17) is 9.47 Å². The molecule has 216 valence electrons. The Morgan fingerprint density at radius 1 is 0.737 bits per heavy atom. The largest absolute Gasteiger partial charge is 0.406 e. The summed E-state index contributed by atoms with van der Waals surface area (Å²) in [4.78, 5) is 32.7. The van der Waals surface area contributed by atoms with Crippen LogP contribution in [0.5, 0.6) is 0 Å². The number of aliphatic imine (C=N–C) groups is 2. The summed E-state index contributed by atoms with van der Waals surface area (Å²) in [6.45, 7) is 17.6. The Kier molecular flexibility index (Phi) is 16.1. The molecule has 1 atom stereocenters. The summed E-state index contributed by atoms with van der Waals surface area (Å²) >= 11 is 0. The van der Waals surface area contributed by atoms with E-state index in [1.807, 2.05) is 13.8 Å². The number of ether oxygens (including phenoxy) is 2. The first-order chi connectivity index (χ1) is 18.2. The molecule has 2 rings (SSSR count). The number of carbonyl (C=O) groups excluding carboxylic acids is 2. The van der Waals surface area contributed by atoms with Crippen LogP contribution >= 0.6 is 0 Å². The molecule has 2 heterocycles. The maximum atomic E-state index is 11.9. The van der Waals surface area contributed by atoms with Crippen molar-refractivity contribution < 1.29 is 19.1 Å². The molecule has 38 heavy (non-hydrogen) atoms. The second-order valence-electron chi connectivity index (χ2n) is 11.1. The van der Waals surface area contributed by atoms with Crippen molar-refractivity contribution in [3.63, 3.8) is 0 Å². The molecular formula is C32H54N2O4. The molecule has 6 heteroatoms. The number of carbonyl (C=O) groups is 2. The molecule has 0 radical (unpaired) electrons. The fourth-order valence-electron chi connectivity index (χ4n) is 4.72. The molecule has 1 unspecified atom stereocenters. The van der Waals surface area contributed by atoms with Gasteiger partial charge in [0.25, 0.3) is 0 Å². The van der Waals surface area contributed by atoms with Crippen LogP contribution in [0.15, 0.2) is 34.8 Å². The minimum Gasteiger partial charge on any atom is -0.406 e. The van der Waals surface area contributed by atoms with Crippen LogP contribution in [0.4, 0.5) is 0 Å². The average Bonchev–Trinajstić information content (AvgIpc) is 3.38. The van der Waals surface area contributed by atoms with Crippen molar-refractivity contribution in [3.8, 4) is 0 Å². The number of hydrogen-bond acceptors (Lipinski definition) is 6. The Morgan fingerprint density at radius 3 is 1.66 bits per heavy atom. The van der Waals surface area contributed by atoms with Gasteiger partial charge in [0.15, 0.2) is 11.1 Å². The van der Waals surface area contributed by atoms with Gasteiger partial charge in [-0.15, -0.1) is 0 Å². The zero-order chi connectivity index (χ0) is 28.4. The summed E-state index contributed by atoms with van der Waals surface area (Å²) < 4.78 is 10.3. The molecule has 0 aromatic carbocycles. The molecule has 2 aliphatic rings. The van der Waals surface area contributed by atoms with Crippen molar-refractivity contribution in [2.45, 2.75) is 155 Å². The van der Waals surface area contributed by atoms with E-state index in [0.29, 0.717) is 11.8 Å². The summed E-state index contributed by atoms with van der Waals surface area (Å²) in [5.41, 5.74) is -0.579. The molecule has 0 aromatic heterocycles. The normalized spacial score (nSPS) is 19.7. The molecule has 0 N–H and O–H groups in total. The van der Waals surface area contributed by atoms with E-state index in [-0.39, 0.29) is 11.9 Å². The van der Waals surface area contributed by atoms with Crippen LogP contribution < -0.4 is 0 Å². The Labute approximate surface area is 232 Å². The van der Waals surface area contributed by atoms with Crippen molar-refractivity contribution in [2.75, 3.05) is 0 Å². The lowest BCUT2D eigenvalue weighted by Gasteiger charge is -2.21. The van der Waals surface area contributed by atoms with Crippen molar-refractivity contribution in [3.05, 3.63) is 24.8 Å². The van der Waals surface area contributed by atoms with Crippen molar-refractivity contribution in [2.24, 2.45) is 9.98 Å². The van der Waals surface area contributed by atoms with Gasteiger partial charge in [-0.2, -0.15) is 0 Å². The number of unbranched alkanes of at least 4 members (excludes halogenated alkanes) is 11. The van der Waals surface area contributed by atoms with Crippen LogP contribution in [0.25, 0.3) is 0 Å². The molecule has 0 bridgehead atoms. The Hall–Kier alpha value is -2.24. The maximum absolute atomic E-state index is 11.9. The number of esters is 2. The first-order valence-electron chi connectivity index (χ1n) is 15.1. The summed E-state index contributed by atoms with van der Waals surface area (Å²) in [6.07, 6.45) is 21.0. The van der Waals surface area contributed by atoms with E-state index in [2.05, 4.69) is 43.9 Å². The number of rotatable bonds is 19. The van der Waals surface area contributed by atoms with Crippen LogP contribution in [0.2, 0.25) is 0 Å². The third-order valence-corrected chi connectivity index (χ3v) is 7.32. The van der Waals surface area contributed by atoms with E-state index < -0.39 is 11.1 Å². The van der Waals surface area contributed by atoms with Gasteiger partial charge in [-0.05, 0) is 39.2 Å². The van der Waals surface area contributed by atoms with Crippen molar-refractivity contribution in [1.82, 2.24) is 0 Å². The molecule has 0 amide bonds. The van der Waals surface area contributed by atoms with E-state index in [1.54, 1.807) is 0 Å². The molecule has 0 spiro atoms. The topological polar surface area (TPSA) is 77.3 Å². The first kappa shape index (κ1) is 33.8. The molecule has 0 fully saturated rings. The van der Waals surface area contributed by atoms with Gasteiger partial charge in [-0.1, -0.05) is 124 Å². The van der Waals surface area contributed by atoms with Gasteiger partial charge in [0.05, 0.1) is 0 Å². The highest BCUT2D eigenvalue weighted by Gasteiger charge is 2.44. The van der Waals surface area contributed by atoms with E-state index >= 15 is 0 Å². The summed E-state index contributed by atoms with van der Waals surface area (Å²) in [6, 6.07) is 0. The van der Waals surface area contributed by atoms with Gasteiger partial charge in [-0.25, -0.2) is 19.6 Å². The third-order valence-electron chi connectivity index (χ3n) is 7.32. The van der Waals surface area contributed by atoms with Gasteiger partial charge in [-0.3, -0.25) is 0 Å². The maximum Gasteiger partial charge on any atom is 0.340 e. The minimum atomic E-state index is -0.686. The molecular weight excluding hydrogens is 476 g/mol. The summed E-state index contributed by atoms with van der Waals surface area (Å²) in [5.74, 6) is 0.391. The van der Waals surface area contributed by atoms with E-state index in [1.165, 1.54) is 63.9 Å². The first-order valence-corrected chi connectivity index (χ1v) is 15.1. The second kappa shape index (κ2) is 18.1. The standard InChI is InChI=1S/C19H33NO2.C13H21NO2/c1-5-6-7-8-9-10-11-12-13-14-15-19(4)18(21)22-17(20-19)16(2)3;1-4-7-9-13(10-8-5-2)12(15)16-11(6-3)14-13/h2,5-15H2,1,3-4H3;6H,3-5,7-10H2,1-2H3. The number of hydrogen-bond donors (Lipinski definition) is 0. The van der Waals surface area contributed by atoms with Crippen molar-refractivity contribution in [1.29, 1.82) is 0 Å². The second-order valence-corrected chi connectivity index (χ2v) is 11.1. The Morgan fingerprint density at radius 2 is 1.24 bits per heavy atom. The quantitative estimate of drug-likeness (QED) is 0.123. The van der Waals surface area contributed by atoms with Crippen LogP contribution in [-0.2, 0) is 19.1 Å². The van der Waals surface area contributed by atoms with Gasteiger partial charge in [0.1, 0.15) is 0 Å². The predicted molar refractivity (Wildman–Crippen MR) is 159 cm³/mol. The monoisotopic (exact) mass is 530 g/mol. The fraction of sp³-hybridized carbons (Fsp3) is 0.750. The lowest BCUT2D eigenvalue weighted by molar-refractivity contribution is -0.140. The van der Waals surface area contributed by atoms with Crippen LogP contribution in [0.3, 0.4) is 0 Å².